The predicted octanol–water partition coefficient (Wildman–Crippen LogP) is 3.91. The highest BCUT2D eigenvalue weighted by molar-refractivity contribution is 5.95. The van der Waals surface area contributed by atoms with E-state index in [0.29, 0.717) is 6.54 Å². The SMILES string of the molecule is CN(CC(=O)Nc1ccc2ccccc2c1)Cc1ccccc1. The summed E-state index contributed by atoms with van der Waals surface area (Å²) in [5, 5.41) is 5.27. The van der Waals surface area contributed by atoms with E-state index in [1.807, 2.05) is 66.5 Å². The number of nitrogens with one attached hydrogen (secondary N) is 1. The van der Waals surface area contributed by atoms with E-state index in [1.54, 1.807) is 0 Å². The fourth-order valence-electron chi connectivity index (χ4n) is 2.66. The number of benzene rings is 3. The molecule has 23 heavy (non-hydrogen) atoms. The van der Waals surface area contributed by atoms with E-state index in [0.717, 1.165) is 17.6 Å². The van der Waals surface area contributed by atoms with Gasteiger partial charge in [0.1, 0.15) is 0 Å². The molecule has 0 unspecified atom stereocenters. The molecular formula is C20H20N2O. The van der Waals surface area contributed by atoms with Crippen LogP contribution in [0, 0.1) is 0 Å². The van der Waals surface area contributed by atoms with Crippen LogP contribution in [-0.4, -0.2) is 24.4 Å². The number of rotatable bonds is 5. The summed E-state index contributed by atoms with van der Waals surface area (Å²) in [5.41, 5.74) is 2.04. The van der Waals surface area contributed by atoms with Crippen molar-refractivity contribution in [3.63, 3.8) is 0 Å². The number of carbonyl (C=O) groups excluding carboxylic acids is 1. The van der Waals surface area contributed by atoms with Gasteiger partial charge in [0.2, 0.25) is 5.91 Å². The fourth-order valence-corrected chi connectivity index (χ4v) is 2.66. The molecule has 0 aliphatic carbocycles. The summed E-state index contributed by atoms with van der Waals surface area (Å²) in [6.45, 7) is 1.12. The number of hydrogen-bond acceptors (Lipinski definition) is 2. The average Bonchev–Trinajstić information content (AvgIpc) is 2.55. The monoisotopic (exact) mass is 304 g/mol. The maximum atomic E-state index is 12.2. The first-order chi connectivity index (χ1) is 11.2. The Morgan fingerprint density at radius 3 is 2.39 bits per heavy atom. The number of likely N-dealkylation sites (N-methyl/N-ethyl adjacent to an activating group) is 1. The highest BCUT2D eigenvalue weighted by Crippen LogP contribution is 2.18. The molecule has 3 heteroatoms. The summed E-state index contributed by atoms with van der Waals surface area (Å²) < 4.78 is 0. The zero-order valence-electron chi connectivity index (χ0n) is 13.2. The number of anilines is 1. The van der Waals surface area contributed by atoms with Crippen molar-refractivity contribution in [3.8, 4) is 0 Å². The number of fused-ring (bicyclic) bond motifs is 1. The van der Waals surface area contributed by atoms with Crippen LogP contribution in [0.15, 0.2) is 72.8 Å². The minimum atomic E-state index is -0.00119. The lowest BCUT2D eigenvalue weighted by Crippen LogP contribution is -2.29. The predicted molar refractivity (Wildman–Crippen MR) is 95.4 cm³/mol. The minimum absolute atomic E-state index is 0.00119. The van der Waals surface area contributed by atoms with Crippen LogP contribution in [0.25, 0.3) is 10.8 Å². The Bertz CT molecular complexity index is 799. The third-order valence-electron chi connectivity index (χ3n) is 3.74. The summed E-state index contributed by atoms with van der Waals surface area (Å²) in [4.78, 5) is 14.2. The van der Waals surface area contributed by atoms with Crippen LogP contribution in [-0.2, 0) is 11.3 Å². The van der Waals surface area contributed by atoms with E-state index in [1.165, 1.54) is 10.9 Å². The first-order valence-electron chi connectivity index (χ1n) is 7.72. The topological polar surface area (TPSA) is 32.3 Å². The van der Waals surface area contributed by atoms with Crippen LogP contribution >= 0.6 is 0 Å². The normalized spacial score (nSPS) is 10.9. The number of hydrogen-bond donors (Lipinski definition) is 1. The first-order valence-corrected chi connectivity index (χ1v) is 7.72. The van der Waals surface area contributed by atoms with Crippen molar-refractivity contribution >= 4 is 22.4 Å². The lowest BCUT2D eigenvalue weighted by molar-refractivity contribution is -0.117. The van der Waals surface area contributed by atoms with Gasteiger partial charge in [-0.05, 0) is 35.5 Å². The van der Waals surface area contributed by atoms with Crippen LogP contribution < -0.4 is 5.32 Å². The molecule has 3 nitrogen and oxygen atoms in total. The van der Waals surface area contributed by atoms with Crippen LogP contribution in [0.2, 0.25) is 0 Å². The minimum Gasteiger partial charge on any atom is -0.325 e. The van der Waals surface area contributed by atoms with Gasteiger partial charge in [-0.2, -0.15) is 0 Å². The van der Waals surface area contributed by atoms with Gasteiger partial charge in [0.15, 0.2) is 0 Å². The Labute approximate surface area is 136 Å². The molecule has 3 aromatic carbocycles. The second-order valence-corrected chi connectivity index (χ2v) is 5.77. The third-order valence-corrected chi connectivity index (χ3v) is 3.74. The van der Waals surface area contributed by atoms with Gasteiger partial charge in [-0.1, -0.05) is 60.7 Å². The van der Waals surface area contributed by atoms with Crippen molar-refractivity contribution in [2.75, 3.05) is 18.9 Å². The molecule has 0 aliphatic rings. The number of nitrogens with zero attached hydrogens (tertiary/aromatic N) is 1. The zero-order chi connectivity index (χ0) is 16.1. The Balaban J connectivity index is 1.59. The molecule has 0 fully saturated rings. The van der Waals surface area contributed by atoms with Gasteiger partial charge >= 0.3 is 0 Å². The van der Waals surface area contributed by atoms with Crippen LogP contribution in [0.1, 0.15) is 5.56 Å². The maximum absolute atomic E-state index is 12.2. The average molecular weight is 304 g/mol. The second kappa shape index (κ2) is 7.07. The molecule has 0 saturated carbocycles. The number of carbonyl (C=O) groups is 1. The molecule has 0 atom stereocenters. The van der Waals surface area contributed by atoms with Gasteiger partial charge in [-0.25, -0.2) is 0 Å². The van der Waals surface area contributed by atoms with E-state index < -0.39 is 0 Å². The summed E-state index contributed by atoms with van der Waals surface area (Å²) in [5.74, 6) is -0.00119. The molecule has 0 spiro atoms. The molecule has 1 N–H and O–H groups in total. The van der Waals surface area contributed by atoms with E-state index >= 15 is 0 Å². The molecule has 116 valence electrons. The highest BCUT2D eigenvalue weighted by Gasteiger charge is 2.08. The Kier molecular flexibility index (Phi) is 4.69. The van der Waals surface area contributed by atoms with Crippen LogP contribution in [0.5, 0.6) is 0 Å². The highest BCUT2D eigenvalue weighted by atomic mass is 16.2. The molecule has 0 aliphatic heterocycles. The van der Waals surface area contributed by atoms with Crippen molar-refractivity contribution < 1.29 is 4.79 Å². The fraction of sp³-hybridized carbons (Fsp3) is 0.150. The molecule has 0 radical (unpaired) electrons. The van der Waals surface area contributed by atoms with Crippen molar-refractivity contribution in [1.29, 1.82) is 0 Å². The summed E-state index contributed by atoms with van der Waals surface area (Å²) in [7, 11) is 1.95. The quantitative estimate of drug-likeness (QED) is 0.775. The number of amides is 1. The largest absolute Gasteiger partial charge is 0.325 e. The molecule has 0 bridgehead atoms. The smallest absolute Gasteiger partial charge is 0.238 e. The van der Waals surface area contributed by atoms with Crippen molar-refractivity contribution in [2.45, 2.75) is 6.54 Å². The lowest BCUT2D eigenvalue weighted by atomic mass is 10.1. The van der Waals surface area contributed by atoms with E-state index in [4.69, 9.17) is 0 Å². The van der Waals surface area contributed by atoms with Crippen molar-refractivity contribution in [1.82, 2.24) is 4.90 Å². The summed E-state index contributed by atoms with van der Waals surface area (Å²) >= 11 is 0. The van der Waals surface area contributed by atoms with E-state index in [9.17, 15) is 4.79 Å². The molecule has 1 amide bonds. The molecular weight excluding hydrogens is 284 g/mol. The van der Waals surface area contributed by atoms with Gasteiger partial charge < -0.3 is 5.32 Å². The molecule has 0 saturated heterocycles. The van der Waals surface area contributed by atoms with Crippen molar-refractivity contribution in [2.24, 2.45) is 0 Å². The Hall–Kier alpha value is -2.65. The van der Waals surface area contributed by atoms with Gasteiger partial charge in [0.05, 0.1) is 6.54 Å². The lowest BCUT2D eigenvalue weighted by Gasteiger charge is -2.16. The van der Waals surface area contributed by atoms with Gasteiger partial charge in [0.25, 0.3) is 0 Å². The molecule has 0 heterocycles. The zero-order valence-corrected chi connectivity index (χ0v) is 13.2. The third kappa shape index (κ3) is 4.18. The molecule has 0 aromatic heterocycles. The Morgan fingerprint density at radius 2 is 1.61 bits per heavy atom. The molecule has 3 aromatic rings. The van der Waals surface area contributed by atoms with E-state index in [-0.39, 0.29) is 5.91 Å². The van der Waals surface area contributed by atoms with Crippen molar-refractivity contribution in [3.05, 3.63) is 78.4 Å². The van der Waals surface area contributed by atoms with E-state index in [2.05, 4.69) is 23.5 Å². The standard InChI is InChI=1S/C20H20N2O/c1-22(14-16-7-3-2-4-8-16)15-20(23)21-19-12-11-17-9-5-6-10-18(17)13-19/h2-13H,14-15H2,1H3,(H,21,23). The molecule has 3 rings (SSSR count). The van der Waals surface area contributed by atoms with Crippen LogP contribution in [0.3, 0.4) is 0 Å². The van der Waals surface area contributed by atoms with Gasteiger partial charge in [0, 0.05) is 12.2 Å². The van der Waals surface area contributed by atoms with Crippen LogP contribution in [0.4, 0.5) is 5.69 Å². The second-order valence-electron chi connectivity index (χ2n) is 5.77. The Morgan fingerprint density at radius 1 is 0.913 bits per heavy atom. The maximum Gasteiger partial charge on any atom is 0.238 e. The van der Waals surface area contributed by atoms with Gasteiger partial charge in [-0.3, -0.25) is 9.69 Å². The first kappa shape index (κ1) is 15.3. The summed E-state index contributed by atoms with van der Waals surface area (Å²) in [6.07, 6.45) is 0. The summed E-state index contributed by atoms with van der Waals surface area (Å²) in [6, 6.07) is 24.3. The van der Waals surface area contributed by atoms with Gasteiger partial charge in [-0.15, -0.1) is 0 Å².